The minimum atomic E-state index is 0.777. The summed E-state index contributed by atoms with van der Waals surface area (Å²) in [7, 11) is 1.97. The third-order valence-corrected chi connectivity index (χ3v) is 3.76. The van der Waals surface area contributed by atoms with Crippen LogP contribution in [0.1, 0.15) is 32.6 Å². The number of anilines is 1. The fraction of sp³-hybridized carbons (Fsp3) is 0.643. The van der Waals surface area contributed by atoms with Crippen molar-refractivity contribution >= 4 is 5.95 Å². The van der Waals surface area contributed by atoms with Gasteiger partial charge in [-0.1, -0.05) is 6.92 Å². The Morgan fingerprint density at radius 3 is 2.75 bits per heavy atom. The van der Waals surface area contributed by atoms with E-state index in [9.17, 15) is 0 Å². The van der Waals surface area contributed by atoms with Crippen LogP contribution in [0.2, 0.25) is 0 Å². The van der Waals surface area contributed by atoms with Gasteiger partial charge in [0.1, 0.15) is 5.69 Å². The van der Waals surface area contributed by atoms with Crippen molar-refractivity contribution in [1.29, 1.82) is 0 Å². The van der Waals surface area contributed by atoms with Crippen LogP contribution in [0.5, 0.6) is 0 Å². The van der Waals surface area contributed by atoms with Crippen molar-refractivity contribution in [1.82, 2.24) is 24.5 Å². The highest BCUT2D eigenvalue weighted by Crippen LogP contribution is 2.22. The SMILES string of the molecule is CCCn1nccc1-c1nc(N2CCCCC2)n(C)n1. The molecule has 0 aromatic carbocycles. The number of rotatable bonds is 4. The zero-order valence-electron chi connectivity index (χ0n) is 12.3. The first kappa shape index (κ1) is 13.1. The van der Waals surface area contributed by atoms with E-state index in [4.69, 9.17) is 4.98 Å². The first-order valence-electron chi connectivity index (χ1n) is 7.47. The molecule has 2 aromatic rings. The van der Waals surface area contributed by atoms with E-state index in [0.29, 0.717) is 0 Å². The van der Waals surface area contributed by atoms with Gasteiger partial charge >= 0.3 is 0 Å². The van der Waals surface area contributed by atoms with Gasteiger partial charge in [-0.05, 0) is 31.7 Å². The van der Waals surface area contributed by atoms with E-state index in [0.717, 1.165) is 43.5 Å². The highest BCUT2D eigenvalue weighted by molar-refractivity contribution is 5.51. The predicted molar refractivity (Wildman–Crippen MR) is 78.6 cm³/mol. The van der Waals surface area contributed by atoms with Gasteiger partial charge in [-0.15, -0.1) is 5.10 Å². The highest BCUT2D eigenvalue weighted by Gasteiger charge is 2.19. The summed E-state index contributed by atoms with van der Waals surface area (Å²) in [5.41, 5.74) is 1.01. The number of hydrogen-bond donors (Lipinski definition) is 0. The Kier molecular flexibility index (Phi) is 3.71. The Morgan fingerprint density at radius 1 is 1.20 bits per heavy atom. The van der Waals surface area contributed by atoms with Crippen molar-refractivity contribution in [2.75, 3.05) is 18.0 Å². The molecule has 0 N–H and O–H groups in total. The van der Waals surface area contributed by atoms with E-state index in [-0.39, 0.29) is 0 Å². The lowest BCUT2D eigenvalue weighted by atomic mass is 10.1. The lowest BCUT2D eigenvalue weighted by molar-refractivity contribution is 0.557. The number of hydrogen-bond acceptors (Lipinski definition) is 4. The number of aromatic nitrogens is 5. The van der Waals surface area contributed by atoms with Crippen LogP contribution in [0, 0.1) is 0 Å². The Balaban J connectivity index is 1.89. The fourth-order valence-corrected chi connectivity index (χ4v) is 2.77. The number of piperidine rings is 1. The molecule has 20 heavy (non-hydrogen) atoms. The topological polar surface area (TPSA) is 51.8 Å². The van der Waals surface area contributed by atoms with E-state index < -0.39 is 0 Å². The van der Waals surface area contributed by atoms with Crippen LogP contribution in [0.4, 0.5) is 5.95 Å². The summed E-state index contributed by atoms with van der Waals surface area (Å²) in [6.07, 6.45) is 6.69. The molecule has 0 aliphatic carbocycles. The minimum absolute atomic E-state index is 0.777. The van der Waals surface area contributed by atoms with Crippen LogP contribution in [0.25, 0.3) is 11.5 Å². The van der Waals surface area contributed by atoms with Crippen molar-refractivity contribution in [3.63, 3.8) is 0 Å². The van der Waals surface area contributed by atoms with Crippen LogP contribution in [-0.2, 0) is 13.6 Å². The Labute approximate surface area is 119 Å². The third-order valence-electron chi connectivity index (χ3n) is 3.76. The summed E-state index contributed by atoms with van der Waals surface area (Å²) in [6, 6.07) is 1.99. The maximum atomic E-state index is 4.74. The van der Waals surface area contributed by atoms with Crippen LogP contribution in [-0.4, -0.2) is 37.6 Å². The molecule has 6 heteroatoms. The maximum absolute atomic E-state index is 4.74. The van der Waals surface area contributed by atoms with Crippen LogP contribution >= 0.6 is 0 Å². The van der Waals surface area contributed by atoms with Crippen molar-refractivity contribution in [2.45, 2.75) is 39.2 Å². The van der Waals surface area contributed by atoms with Gasteiger partial charge in [0.15, 0.2) is 0 Å². The lowest BCUT2D eigenvalue weighted by Crippen LogP contribution is -2.31. The Hall–Kier alpha value is -1.85. The highest BCUT2D eigenvalue weighted by atomic mass is 15.4. The first-order valence-corrected chi connectivity index (χ1v) is 7.47. The maximum Gasteiger partial charge on any atom is 0.224 e. The molecule has 0 radical (unpaired) electrons. The standard InChI is InChI=1S/C14H22N6/c1-3-9-20-12(7-8-15-20)13-16-14(18(2)17-13)19-10-5-4-6-11-19/h7-8H,3-6,9-11H2,1-2H3. The van der Waals surface area contributed by atoms with Gasteiger partial charge in [-0.2, -0.15) is 10.1 Å². The zero-order valence-corrected chi connectivity index (χ0v) is 12.3. The van der Waals surface area contributed by atoms with Gasteiger partial charge in [-0.3, -0.25) is 4.68 Å². The third kappa shape index (κ3) is 2.42. The zero-order chi connectivity index (χ0) is 13.9. The minimum Gasteiger partial charge on any atom is -0.341 e. The average molecular weight is 274 g/mol. The normalized spacial score (nSPS) is 15.8. The largest absolute Gasteiger partial charge is 0.341 e. The predicted octanol–water partition coefficient (Wildman–Crippen LogP) is 2.08. The van der Waals surface area contributed by atoms with Crippen LogP contribution < -0.4 is 4.90 Å². The summed E-state index contributed by atoms with van der Waals surface area (Å²) < 4.78 is 3.87. The van der Waals surface area contributed by atoms with Crippen molar-refractivity contribution in [3.05, 3.63) is 12.3 Å². The molecule has 0 bridgehead atoms. The molecule has 0 atom stereocenters. The molecule has 1 saturated heterocycles. The molecule has 1 aliphatic heterocycles. The van der Waals surface area contributed by atoms with E-state index in [1.807, 2.05) is 28.7 Å². The fourth-order valence-electron chi connectivity index (χ4n) is 2.77. The summed E-state index contributed by atoms with van der Waals surface area (Å²) in [5.74, 6) is 1.75. The first-order chi connectivity index (χ1) is 9.79. The van der Waals surface area contributed by atoms with E-state index in [1.165, 1.54) is 19.3 Å². The van der Waals surface area contributed by atoms with Crippen molar-refractivity contribution in [2.24, 2.45) is 7.05 Å². The van der Waals surface area contributed by atoms with Gasteiger partial charge < -0.3 is 4.90 Å². The molecule has 0 saturated carbocycles. The molecule has 1 fully saturated rings. The average Bonchev–Trinajstić information content (AvgIpc) is 3.07. The molecule has 6 nitrogen and oxygen atoms in total. The number of aryl methyl sites for hydroxylation is 2. The van der Waals surface area contributed by atoms with Gasteiger partial charge in [-0.25, -0.2) is 4.68 Å². The second-order valence-corrected chi connectivity index (χ2v) is 5.35. The summed E-state index contributed by atoms with van der Waals surface area (Å²) in [5, 5.41) is 8.92. The molecule has 0 amide bonds. The molecule has 0 spiro atoms. The summed E-state index contributed by atoms with van der Waals surface area (Å²) in [4.78, 5) is 7.07. The van der Waals surface area contributed by atoms with Gasteiger partial charge in [0.25, 0.3) is 0 Å². The van der Waals surface area contributed by atoms with Gasteiger partial charge in [0.05, 0.1) is 0 Å². The number of nitrogens with zero attached hydrogens (tertiary/aromatic N) is 6. The molecular weight excluding hydrogens is 252 g/mol. The quantitative estimate of drug-likeness (QED) is 0.856. The second kappa shape index (κ2) is 5.64. The molecule has 2 aromatic heterocycles. The van der Waals surface area contributed by atoms with Crippen LogP contribution in [0.3, 0.4) is 0 Å². The molecular formula is C14H22N6. The Morgan fingerprint density at radius 2 is 2.00 bits per heavy atom. The second-order valence-electron chi connectivity index (χ2n) is 5.35. The molecule has 108 valence electrons. The van der Waals surface area contributed by atoms with Gasteiger partial charge in [0.2, 0.25) is 11.8 Å². The molecule has 3 rings (SSSR count). The van der Waals surface area contributed by atoms with Crippen LogP contribution in [0.15, 0.2) is 12.3 Å². The van der Waals surface area contributed by atoms with Gasteiger partial charge in [0, 0.05) is 32.9 Å². The Bertz CT molecular complexity index is 564. The molecule has 1 aliphatic rings. The van der Waals surface area contributed by atoms with E-state index >= 15 is 0 Å². The van der Waals surface area contributed by atoms with Crippen molar-refractivity contribution in [3.8, 4) is 11.5 Å². The molecule has 3 heterocycles. The summed E-state index contributed by atoms with van der Waals surface area (Å²) >= 11 is 0. The summed E-state index contributed by atoms with van der Waals surface area (Å²) in [6.45, 7) is 5.22. The van der Waals surface area contributed by atoms with E-state index in [2.05, 4.69) is 22.0 Å². The van der Waals surface area contributed by atoms with Crippen molar-refractivity contribution < 1.29 is 0 Å². The van der Waals surface area contributed by atoms with E-state index in [1.54, 1.807) is 0 Å². The molecule has 0 unspecified atom stereocenters. The smallest absolute Gasteiger partial charge is 0.224 e. The lowest BCUT2D eigenvalue weighted by Gasteiger charge is -2.26. The monoisotopic (exact) mass is 274 g/mol.